The highest BCUT2D eigenvalue weighted by molar-refractivity contribution is 5.25. The van der Waals surface area contributed by atoms with Crippen LogP contribution in [0.25, 0.3) is 0 Å². The van der Waals surface area contributed by atoms with E-state index in [1.165, 1.54) is 0 Å². The maximum Gasteiger partial charge on any atom is 0.108 e. The van der Waals surface area contributed by atoms with Crippen LogP contribution < -0.4 is 0 Å². The Morgan fingerprint density at radius 3 is 3.00 bits per heavy atom. The van der Waals surface area contributed by atoms with E-state index in [-0.39, 0.29) is 5.60 Å². The van der Waals surface area contributed by atoms with E-state index in [2.05, 4.69) is 24.3 Å². The van der Waals surface area contributed by atoms with Crippen LogP contribution in [0.3, 0.4) is 0 Å². The summed E-state index contributed by atoms with van der Waals surface area (Å²) in [5.74, 6) is 0. The second-order valence-electron chi connectivity index (χ2n) is 3.71. The van der Waals surface area contributed by atoms with Crippen molar-refractivity contribution in [1.29, 1.82) is 0 Å². The van der Waals surface area contributed by atoms with Crippen LogP contribution in [0.5, 0.6) is 0 Å². The highest BCUT2D eigenvalue weighted by Crippen LogP contribution is 2.26. The van der Waals surface area contributed by atoms with Crippen molar-refractivity contribution in [2.75, 3.05) is 13.2 Å². The van der Waals surface area contributed by atoms with E-state index < -0.39 is 0 Å². The molecule has 0 bridgehead atoms. The minimum atomic E-state index is -0.227. The predicted molar refractivity (Wildman–Crippen MR) is 56.1 cm³/mol. The summed E-state index contributed by atoms with van der Waals surface area (Å²) >= 11 is 0. The standard InChI is InChI=1S/C12H16O2/c1-2-6-12(7-4-3-5-8-12)14-10-11-9-13-11/h2-7,11H,8-10H2,1H3. The molecular formula is C12H16O2. The van der Waals surface area contributed by atoms with Gasteiger partial charge in [0.15, 0.2) is 0 Å². The lowest BCUT2D eigenvalue weighted by molar-refractivity contribution is 0.0196. The highest BCUT2D eigenvalue weighted by Gasteiger charge is 2.30. The Kier molecular flexibility index (Phi) is 2.85. The van der Waals surface area contributed by atoms with Crippen LogP contribution in [0.1, 0.15) is 13.3 Å². The molecule has 2 nitrogen and oxygen atoms in total. The van der Waals surface area contributed by atoms with Gasteiger partial charge in [-0.15, -0.1) is 0 Å². The first kappa shape index (κ1) is 9.69. The molecule has 2 unspecified atom stereocenters. The molecule has 14 heavy (non-hydrogen) atoms. The Balaban J connectivity index is 1.97. The van der Waals surface area contributed by atoms with Gasteiger partial charge >= 0.3 is 0 Å². The largest absolute Gasteiger partial charge is 0.371 e. The van der Waals surface area contributed by atoms with Crippen LogP contribution in [-0.2, 0) is 9.47 Å². The molecule has 0 aromatic rings. The van der Waals surface area contributed by atoms with E-state index in [1.807, 2.05) is 19.1 Å². The maximum absolute atomic E-state index is 5.89. The lowest BCUT2D eigenvalue weighted by Crippen LogP contribution is -2.29. The summed E-state index contributed by atoms with van der Waals surface area (Å²) in [7, 11) is 0. The van der Waals surface area contributed by atoms with Gasteiger partial charge in [0.05, 0.1) is 13.2 Å². The lowest BCUT2D eigenvalue weighted by Gasteiger charge is -2.28. The van der Waals surface area contributed by atoms with Crippen molar-refractivity contribution in [2.24, 2.45) is 0 Å². The Labute approximate surface area is 84.9 Å². The molecule has 0 saturated carbocycles. The second kappa shape index (κ2) is 4.11. The molecular weight excluding hydrogens is 176 g/mol. The van der Waals surface area contributed by atoms with Gasteiger partial charge in [-0.05, 0) is 13.0 Å². The zero-order valence-corrected chi connectivity index (χ0v) is 8.48. The first-order valence-electron chi connectivity index (χ1n) is 5.08. The van der Waals surface area contributed by atoms with E-state index >= 15 is 0 Å². The van der Waals surface area contributed by atoms with E-state index in [9.17, 15) is 0 Å². The Morgan fingerprint density at radius 2 is 2.43 bits per heavy atom. The summed E-state index contributed by atoms with van der Waals surface area (Å²) in [5.41, 5.74) is -0.227. The molecule has 2 atom stereocenters. The average molecular weight is 192 g/mol. The number of rotatable bonds is 4. The third-order valence-electron chi connectivity index (χ3n) is 2.45. The van der Waals surface area contributed by atoms with Gasteiger partial charge in [-0.1, -0.05) is 30.4 Å². The van der Waals surface area contributed by atoms with Gasteiger partial charge in [0.1, 0.15) is 11.7 Å². The number of hydrogen-bond donors (Lipinski definition) is 0. The zero-order chi connectivity index (χ0) is 9.86. The number of hydrogen-bond acceptors (Lipinski definition) is 2. The normalized spacial score (nSPS) is 35.4. The summed E-state index contributed by atoms with van der Waals surface area (Å²) in [4.78, 5) is 0. The van der Waals surface area contributed by atoms with Crippen molar-refractivity contribution < 1.29 is 9.47 Å². The van der Waals surface area contributed by atoms with Crippen LogP contribution in [0.15, 0.2) is 36.5 Å². The molecule has 1 saturated heterocycles. The molecule has 0 N–H and O–H groups in total. The highest BCUT2D eigenvalue weighted by atomic mass is 16.6. The van der Waals surface area contributed by atoms with Crippen molar-refractivity contribution in [1.82, 2.24) is 0 Å². The average Bonchev–Trinajstić information content (AvgIpc) is 3.00. The monoisotopic (exact) mass is 192 g/mol. The molecule has 0 radical (unpaired) electrons. The molecule has 76 valence electrons. The van der Waals surface area contributed by atoms with Crippen molar-refractivity contribution in [2.45, 2.75) is 25.0 Å². The predicted octanol–water partition coefficient (Wildman–Crippen LogP) is 2.23. The van der Waals surface area contributed by atoms with Crippen LogP contribution in [0, 0.1) is 0 Å². The first-order chi connectivity index (χ1) is 6.85. The van der Waals surface area contributed by atoms with Gasteiger partial charge in [-0.3, -0.25) is 0 Å². The fourth-order valence-corrected chi connectivity index (χ4v) is 1.59. The van der Waals surface area contributed by atoms with Crippen molar-refractivity contribution in [3.63, 3.8) is 0 Å². The number of epoxide rings is 1. The molecule has 0 spiro atoms. The topological polar surface area (TPSA) is 21.8 Å². The SMILES string of the molecule is CC=CC1(OCC2CO2)C=CC=CC1. The molecule has 1 aliphatic carbocycles. The van der Waals surface area contributed by atoms with Gasteiger partial charge < -0.3 is 9.47 Å². The Morgan fingerprint density at radius 1 is 1.57 bits per heavy atom. The summed E-state index contributed by atoms with van der Waals surface area (Å²) in [6.45, 7) is 3.57. The van der Waals surface area contributed by atoms with Gasteiger partial charge in [0, 0.05) is 6.42 Å². The number of allylic oxidation sites excluding steroid dienone is 3. The zero-order valence-electron chi connectivity index (χ0n) is 8.48. The lowest BCUT2D eigenvalue weighted by atomic mass is 9.94. The minimum Gasteiger partial charge on any atom is -0.371 e. The molecule has 0 aromatic heterocycles. The molecule has 2 heteroatoms. The fraction of sp³-hybridized carbons (Fsp3) is 0.500. The van der Waals surface area contributed by atoms with Crippen molar-refractivity contribution in [3.05, 3.63) is 36.5 Å². The van der Waals surface area contributed by atoms with Crippen molar-refractivity contribution in [3.8, 4) is 0 Å². The molecule has 1 fully saturated rings. The third kappa shape index (κ3) is 2.34. The molecule has 1 heterocycles. The minimum absolute atomic E-state index is 0.227. The maximum atomic E-state index is 5.89. The van der Waals surface area contributed by atoms with Crippen LogP contribution >= 0.6 is 0 Å². The second-order valence-corrected chi connectivity index (χ2v) is 3.71. The van der Waals surface area contributed by atoms with E-state index in [0.29, 0.717) is 12.7 Å². The molecule has 1 aliphatic heterocycles. The molecule has 2 rings (SSSR count). The summed E-state index contributed by atoms with van der Waals surface area (Å²) < 4.78 is 11.0. The Bertz CT molecular complexity index is 274. The van der Waals surface area contributed by atoms with E-state index in [1.54, 1.807) is 0 Å². The van der Waals surface area contributed by atoms with Crippen molar-refractivity contribution >= 4 is 0 Å². The smallest absolute Gasteiger partial charge is 0.108 e. The third-order valence-corrected chi connectivity index (χ3v) is 2.45. The number of ether oxygens (including phenoxy) is 2. The molecule has 0 aromatic carbocycles. The van der Waals surface area contributed by atoms with Crippen LogP contribution in [0.2, 0.25) is 0 Å². The summed E-state index contributed by atoms with van der Waals surface area (Å²) in [5, 5.41) is 0. The summed E-state index contributed by atoms with van der Waals surface area (Å²) in [6.07, 6.45) is 13.7. The van der Waals surface area contributed by atoms with Crippen LogP contribution in [0.4, 0.5) is 0 Å². The van der Waals surface area contributed by atoms with Crippen LogP contribution in [-0.4, -0.2) is 24.9 Å². The van der Waals surface area contributed by atoms with E-state index in [4.69, 9.17) is 9.47 Å². The van der Waals surface area contributed by atoms with Gasteiger partial charge in [0.2, 0.25) is 0 Å². The summed E-state index contributed by atoms with van der Waals surface area (Å²) in [6, 6.07) is 0. The molecule has 0 amide bonds. The van der Waals surface area contributed by atoms with Gasteiger partial charge in [-0.25, -0.2) is 0 Å². The quantitative estimate of drug-likeness (QED) is 0.503. The fourth-order valence-electron chi connectivity index (χ4n) is 1.59. The van der Waals surface area contributed by atoms with Gasteiger partial charge in [0.25, 0.3) is 0 Å². The van der Waals surface area contributed by atoms with E-state index in [0.717, 1.165) is 13.0 Å². The molecule has 2 aliphatic rings. The Hall–Kier alpha value is -0.860. The van der Waals surface area contributed by atoms with Gasteiger partial charge in [-0.2, -0.15) is 0 Å². The first-order valence-corrected chi connectivity index (χ1v) is 5.08.